The van der Waals surface area contributed by atoms with Gasteiger partial charge in [0.2, 0.25) is 0 Å². The maximum absolute atomic E-state index is 5.81. The molecule has 3 heteroatoms. The first-order chi connectivity index (χ1) is 6.49. The second kappa shape index (κ2) is 8.07. The molecule has 1 atom stereocenters. The smallest absolute Gasteiger partial charge is 0.0837 e. The molecule has 0 amide bonds. The average Bonchev–Trinajstić information content (AvgIpc) is 2.02. The molecule has 0 aliphatic carbocycles. The Morgan fingerprint density at radius 3 is 2.00 bits per heavy atom. The summed E-state index contributed by atoms with van der Waals surface area (Å²) in [6, 6.07) is 0. The zero-order valence-electron chi connectivity index (χ0n) is 9.16. The fourth-order valence-electron chi connectivity index (χ4n) is 1.77. The highest BCUT2D eigenvalue weighted by Crippen LogP contribution is 2.36. The van der Waals surface area contributed by atoms with E-state index in [2.05, 4.69) is 13.8 Å². The predicted octanol–water partition coefficient (Wildman–Crippen LogP) is 5.74. The van der Waals surface area contributed by atoms with Crippen molar-refractivity contribution in [1.29, 1.82) is 0 Å². The van der Waals surface area contributed by atoms with Crippen molar-refractivity contribution in [2.45, 2.75) is 62.6 Å². The summed E-state index contributed by atoms with van der Waals surface area (Å²) in [5.74, 6) is 0.582. The lowest BCUT2D eigenvalue weighted by Crippen LogP contribution is -2.12. The lowest BCUT2D eigenvalue weighted by atomic mass is 9.94. The molecule has 0 heterocycles. The Morgan fingerprint density at radius 1 is 0.929 bits per heavy atom. The maximum atomic E-state index is 5.81. The molecular formula is C11H21Cl3. The van der Waals surface area contributed by atoms with Crippen LogP contribution in [0.2, 0.25) is 0 Å². The Bertz CT molecular complexity index is 129. The zero-order chi connectivity index (χ0) is 11.0. The Labute approximate surface area is 103 Å². The Balaban J connectivity index is 3.77. The summed E-state index contributed by atoms with van der Waals surface area (Å²) in [5.41, 5.74) is 0. The van der Waals surface area contributed by atoms with Crippen molar-refractivity contribution < 1.29 is 0 Å². The highest BCUT2D eigenvalue weighted by Gasteiger charge is 2.24. The van der Waals surface area contributed by atoms with Gasteiger partial charge in [0.05, 0.1) is 0 Å². The summed E-state index contributed by atoms with van der Waals surface area (Å²) in [5, 5.41) is 0. The van der Waals surface area contributed by atoms with Gasteiger partial charge in [-0.25, -0.2) is 0 Å². The minimum atomic E-state index is -1.06. The van der Waals surface area contributed by atoms with Gasteiger partial charge in [-0.2, -0.15) is 0 Å². The van der Waals surface area contributed by atoms with Crippen LogP contribution in [0.4, 0.5) is 0 Å². The monoisotopic (exact) mass is 258 g/mol. The molecule has 0 aromatic carbocycles. The first-order valence-corrected chi connectivity index (χ1v) is 6.69. The van der Waals surface area contributed by atoms with Gasteiger partial charge >= 0.3 is 0 Å². The van der Waals surface area contributed by atoms with Crippen LogP contribution in [0.5, 0.6) is 0 Å². The van der Waals surface area contributed by atoms with Crippen LogP contribution >= 0.6 is 34.8 Å². The molecule has 0 aliphatic heterocycles. The van der Waals surface area contributed by atoms with Crippen molar-refractivity contribution >= 4 is 34.8 Å². The third-order valence-corrected chi connectivity index (χ3v) is 2.90. The van der Waals surface area contributed by atoms with Gasteiger partial charge in [-0.3, -0.25) is 0 Å². The topological polar surface area (TPSA) is 0 Å². The number of hydrogen-bond donors (Lipinski definition) is 0. The number of rotatable bonds is 7. The van der Waals surface area contributed by atoms with Crippen LogP contribution in [0.25, 0.3) is 0 Å². The SMILES string of the molecule is CCCCCC(CCC)CC(Cl)(Cl)Cl. The molecule has 0 rings (SSSR count). The van der Waals surface area contributed by atoms with Crippen LogP contribution in [0.3, 0.4) is 0 Å². The van der Waals surface area contributed by atoms with E-state index in [-0.39, 0.29) is 0 Å². The standard InChI is InChI=1S/C11H21Cl3/c1-3-5-6-8-10(7-4-2)9-11(12,13)14/h10H,3-9H2,1-2H3. The molecule has 0 N–H and O–H groups in total. The van der Waals surface area contributed by atoms with Crippen molar-refractivity contribution in [3.8, 4) is 0 Å². The van der Waals surface area contributed by atoms with E-state index in [4.69, 9.17) is 34.8 Å². The van der Waals surface area contributed by atoms with Crippen molar-refractivity contribution in [1.82, 2.24) is 0 Å². The van der Waals surface area contributed by atoms with Gasteiger partial charge < -0.3 is 0 Å². The minimum Gasteiger partial charge on any atom is -0.0837 e. The van der Waals surface area contributed by atoms with Gasteiger partial charge in [-0.15, -0.1) is 0 Å². The molecule has 0 bridgehead atoms. The molecule has 0 spiro atoms. The second-order valence-corrected chi connectivity index (χ2v) is 6.49. The Morgan fingerprint density at radius 2 is 1.57 bits per heavy atom. The van der Waals surface area contributed by atoms with E-state index in [9.17, 15) is 0 Å². The number of unbranched alkanes of at least 4 members (excludes halogenated alkanes) is 2. The molecule has 0 aliphatic rings. The summed E-state index contributed by atoms with van der Waals surface area (Å²) in [6.45, 7) is 4.40. The lowest BCUT2D eigenvalue weighted by molar-refractivity contribution is 0.401. The molecule has 0 radical (unpaired) electrons. The van der Waals surface area contributed by atoms with Crippen LogP contribution in [0.1, 0.15) is 58.8 Å². The van der Waals surface area contributed by atoms with E-state index in [0.717, 1.165) is 0 Å². The van der Waals surface area contributed by atoms with Gasteiger partial charge in [0.1, 0.15) is 0 Å². The van der Waals surface area contributed by atoms with Crippen LogP contribution in [0, 0.1) is 5.92 Å². The molecule has 0 aromatic rings. The first-order valence-electron chi connectivity index (χ1n) is 5.56. The molecule has 0 fully saturated rings. The van der Waals surface area contributed by atoms with Gasteiger partial charge in [0, 0.05) is 0 Å². The van der Waals surface area contributed by atoms with E-state index >= 15 is 0 Å². The average molecular weight is 260 g/mol. The predicted molar refractivity (Wildman–Crippen MR) is 67.4 cm³/mol. The van der Waals surface area contributed by atoms with Crippen LogP contribution < -0.4 is 0 Å². The quantitative estimate of drug-likeness (QED) is 0.404. The second-order valence-electron chi connectivity index (χ2n) is 3.97. The van der Waals surface area contributed by atoms with Crippen molar-refractivity contribution in [2.75, 3.05) is 0 Å². The molecule has 0 saturated heterocycles. The van der Waals surface area contributed by atoms with Gasteiger partial charge in [0.15, 0.2) is 3.79 Å². The fourth-order valence-corrected chi connectivity index (χ4v) is 2.42. The number of alkyl halides is 3. The van der Waals surface area contributed by atoms with E-state index < -0.39 is 3.79 Å². The molecule has 0 nitrogen and oxygen atoms in total. The summed E-state index contributed by atoms with van der Waals surface area (Å²) < 4.78 is -1.06. The molecule has 0 saturated carbocycles. The first kappa shape index (κ1) is 14.9. The van der Waals surface area contributed by atoms with Crippen molar-refractivity contribution in [2.24, 2.45) is 5.92 Å². The highest BCUT2D eigenvalue weighted by atomic mass is 35.6. The van der Waals surface area contributed by atoms with Crippen LogP contribution in [0.15, 0.2) is 0 Å². The highest BCUT2D eigenvalue weighted by molar-refractivity contribution is 6.67. The lowest BCUT2D eigenvalue weighted by Gasteiger charge is -2.20. The van der Waals surface area contributed by atoms with E-state index in [0.29, 0.717) is 12.3 Å². The van der Waals surface area contributed by atoms with E-state index in [1.807, 2.05) is 0 Å². The van der Waals surface area contributed by atoms with Crippen molar-refractivity contribution in [3.63, 3.8) is 0 Å². The molecule has 0 aromatic heterocycles. The number of hydrogen-bond acceptors (Lipinski definition) is 0. The number of halogens is 3. The Kier molecular flexibility index (Phi) is 8.57. The summed E-state index contributed by atoms with van der Waals surface area (Å²) >= 11 is 17.4. The van der Waals surface area contributed by atoms with E-state index in [1.54, 1.807) is 0 Å². The Hall–Kier alpha value is 0.870. The maximum Gasteiger partial charge on any atom is 0.190 e. The van der Waals surface area contributed by atoms with Crippen LogP contribution in [-0.2, 0) is 0 Å². The zero-order valence-corrected chi connectivity index (χ0v) is 11.4. The molecular weight excluding hydrogens is 238 g/mol. The molecule has 14 heavy (non-hydrogen) atoms. The van der Waals surface area contributed by atoms with Crippen LogP contribution in [-0.4, -0.2) is 3.79 Å². The van der Waals surface area contributed by atoms with Gasteiger partial charge in [0.25, 0.3) is 0 Å². The normalized spacial score (nSPS) is 14.4. The minimum absolute atomic E-state index is 0.582. The summed E-state index contributed by atoms with van der Waals surface area (Å²) in [4.78, 5) is 0. The summed E-state index contributed by atoms with van der Waals surface area (Å²) in [6.07, 6.45) is 8.08. The molecule has 1 unspecified atom stereocenters. The van der Waals surface area contributed by atoms with E-state index in [1.165, 1.54) is 38.5 Å². The van der Waals surface area contributed by atoms with Gasteiger partial charge in [-0.05, 0) is 12.3 Å². The fraction of sp³-hybridized carbons (Fsp3) is 1.00. The largest absolute Gasteiger partial charge is 0.190 e. The third-order valence-electron chi connectivity index (χ3n) is 2.43. The summed E-state index contributed by atoms with van der Waals surface area (Å²) in [7, 11) is 0. The van der Waals surface area contributed by atoms with Gasteiger partial charge in [-0.1, -0.05) is 87.2 Å². The molecule has 86 valence electrons. The third kappa shape index (κ3) is 9.43. The van der Waals surface area contributed by atoms with Crippen molar-refractivity contribution in [3.05, 3.63) is 0 Å².